The van der Waals surface area contributed by atoms with Crippen molar-refractivity contribution in [3.8, 4) is 10.6 Å². The van der Waals surface area contributed by atoms with Gasteiger partial charge in [0.15, 0.2) is 5.69 Å². The summed E-state index contributed by atoms with van der Waals surface area (Å²) >= 11 is 1.27. The Hall–Kier alpha value is -2.25. The number of carbonyl (C=O) groups excluding carboxylic acids is 1. The number of aromatic carboxylic acids is 1. The second-order valence-electron chi connectivity index (χ2n) is 4.91. The fraction of sp³-hybridized carbons (Fsp3) is 0.267. The van der Waals surface area contributed by atoms with Crippen molar-refractivity contribution in [2.24, 2.45) is 0 Å². The molecule has 1 aromatic heterocycles. The number of carboxylic acids is 1. The number of anilines is 1. The molecule has 1 aromatic carbocycles. The summed E-state index contributed by atoms with van der Waals surface area (Å²) in [5.74, 6) is -1.17. The number of thiazole rings is 1. The van der Waals surface area contributed by atoms with E-state index in [-0.39, 0.29) is 17.7 Å². The molecule has 6 nitrogen and oxygen atoms in total. The second kappa shape index (κ2) is 6.25. The number of rotatable bonds is 4. The standard InChI is InChI=1S/C15H14N2O4S/c18-13(12-2-1-7-21-12)16-10-5-3-9(4-6-10)14-17-11(8-22-14)15(19)20/h3-6,8,12H,1-2,7H2,(H,16,18)(H,19,20). The third kappa shape index (κ3) is 3.15. The van der Waals surface area contributed by atoms with Crippen LogP contribution in [-0.2, 0) is 9.53 Å². The molecule has 1 fully saturated rings. The van der Waals surface area contributed by atoms with Crippen molar-refractivity contribution >= 4 is 28.9 Å². The average molecular weight is 318 g/mol. The molecule has 2 heterocycles. The second-order valence-corrected chi connectivity index (χ2v) is 5.77. The van der Waals surface area contributed by atoms with E-state index in [9.17, 15) is 9.59 Å². The molecule has 0 spiro atoms. The van der Waals surface area contributed by atoms with Crippen LogP contribution in [0.25, 0.3) is 10.6 Å². The molecule has 0 radical (unpaired) electrons. The van der Waals surface area contributed by atoms with Crippen molar-refractivity contribution in [3.05, 3.63) is 35.3 Å². The Kier molecular flexibility index (Phi) is 4.17. The summed E-state index contributed by atoms with van der Waals surface area (Å²) in [7, 11) is 0. The highest BCUT2D eigenvalue weighted by Gasteiger charge is 2.23. The van der Waals surface area contributed by atoms with Crippen molar-refractivity contribution in [2.45, 2.75) is 18.9 Å². The zero-order valence-electron chi connectivity index (χ0n) is 11.6. The van der Waals surface area contributed by atoms with Gasteiger partial charge in [0.25, 0.3) is 5.91 Å². The van der Waals surface area contributed by atoms with Gasteiger partial charge >= 0.3 is 5.97 Å². The molecule has 3 rings (SSSR count). The Balaban J connectivity index is 1.69. The Morgan fingerprint density at radius 2 is 2.09 bits per heavy atom. The summed E-state index contributed by atoms with van der Waals surface area (Å²) in [5, 5.41) is 13.8. The number of amides is 1. The Bertz CT molecular complexity index is 690. The lowest BCUT2D eigenvalue weighted by atomic mass is 10.2. The normalized spacial score (nSPS) is 17.4. The molecule has 114 valence electrons. The van der Waals surface area contributed by atoms with Gasteiger partial charge in [-0.2, -0.15) is 0 Å². The monoisotopic (exact) mass is 318 g/mol. The Labute approximate surface area is 130 Å². The number of hydrogen-bond donors (Lipinski definition) is 2. The van der Waals surface area contributed by atoms with Crippen LogP contribution in [0.15, 0.2) is 29.6 Å². The zero-order chi connectivity index (χ0) is 15.5. The fourth-order valence-electron chi connectivity index (χ4n) is 2.21. The van der Waals surface area contributed by atoms with Crippen LogP contribution in [0.2, 0.25) is 0 Å². The van der Waals surface area contributed by atoms with Crippen LogP contribution in [0.4, 0.5) is 5.69 Å². The molecule has 7 heteroatoms. The summed E-state index contributed by atoms with van der Waals surface area (Å²) in [5.41, 5.74) is 1.53. The molecular formula is C15H14N2O4S. The molecular weight excluding hydrogens is 304 g/mol. The van der Waals surface area contributed by atoms with Crippen LogP contribution in [0.1, 0.15) is 23.3 Å². The molecule has 0 saturated carbocycles. The van der Waals surface area contributed by atoms with Crippen LogP contribution >= 0.6 is 11.3 Å². The topological polar surface area (TPSA) is 88.5 Å². The predicted molar refractivity (Wildman–Crippen MR) is 82.1 cm³/mol. The van der Waals surface area contributed by atoms with Gasteiger partial charge < -0.3 is 15.2 Å². The quantitative estimate of drug-likeness (QED) is 0.904. The third-order valence-electron chi connectivity index (χ3n) is 3.34. The van der Waals surface area contributed by atoms with Gasteiger partial charge in [-0.1, -0.05) is 0 Å². The van der Waals surface area contributed by atoms with Gasteiger partial charge in [0.1, 0.15) is 11.1 Å². The largest absolute Gasteiger partial charge is 0.476 e. The number of hydrogen-bond acceptors (Lipinski definition) is 5. The van der Waals surface area contributed by atoms with E-state index in [0.717, 1.165) is 18.4 Å². The van der Waals surface area contributed by atoms with Gasteiger partial charge in [-0.05, 0) is 37.1 Å². The minimum absolute atomic E-state index is 0.0377. The van der Waals surface area contributed by atoms with Crippen LogP contribution < -0.4 is 5.32 Å². The number of nitrogens with one attached hydrogen (secondary N) is 1. The summed E-state index contributed by atoms with van der Waals surface area (Å²) in [4.78, 5) is 26.8. The lowest BCUT2D eigenvalue weighted by molar-refractivity contribution is -0.124. The number of ether oxygens (including phenoxy) is 1. The highest BCUT2D eigenvalue weighted by molar-refractivity contribution is 7.13. The molecule has 22 heavy (non-hydrogen) atoms. The maximum absolute atomic E-state index is 11.9. The van der Waals surface area contributed by atoms with Crippen molar-refractivity contribution in [3.63, 3.8) is 0 Å². The van der Waals surface area contributed by atoms with E-state index in [4.69, 9.17) is 9.84 Å². The van der Waals surface area contributed by atoms with E-state index in [2.05, 4.69) is 10.3 Å². The maximum atomic E-state index is 11.9. The fourth-order valence-corrected chi connectivity index (χ4v) is 3.01. The number of aromatic nitrogens is 1. The summed E-state index contributed by atoms with van der Waals surface area (Å²) in [6, 6.07) is 7.14. The Morgan fingerprint density at radius 1 is 1.32 bits per heavy atom. The first kappa shape index (κ1) is 14.7. The molecule has 1 atom stereocenters. The molecule has 1 saturated heterocycles. The first-order chi connectivity index (χ1) is 10.6. The average Bonchev–Trinajstić information content (AvgIpc) is 3.20. The molecule has 1 aliphatic rings. The third-order valence-corrected chi connectivity index (χ3v) is 4.24. The van der Waals surface area contributed by atoms with E-state index in [0.29, 0.717) is 17.3 Å². The van der Waals surface area contributed by atoms with Crippen molar-refractivity contribution in [2.75, 3.05) is 11.9 Å². The molecule has 2 N–H and O–H groups in total. The summed E-state index contributed by atoms with van der Waals surface area (Å²) < 4.78 is 5.33. The first-order valence-electron chi connectivity index (χ1n) is 6.85. The van der Waals surface area contributed by atoms with E-state index in [1.54, 1.807) is 24.3 Å². The summed E-state index contributed by atoms with van der Waals surface area (Å²) in [6.45, 7) is 0.632. The number of benzene rings is 1. The first-order valence-corrected chi connectivity index (χ1v) is 7.73. The number of carboxylic acid groups (broad SMARTS) is 1. The van der Waals surface area contributed by atoms with E-state index in [1.165, 1.54) is 16.7 Å². The van der Waals surface area contributed by atoms with Gasteiger partial charge in [0.05, 0.1) is 0 Å². The molecule has 1 amide bonds. The maximum Gasteiger partial charge on any atom is 0.355 e. The van der Waals surface area contributed by atoms with Gasteiger partial charge in [0.2, 0.25) is 0 Å². The highest BCUT2D eigenvalue weighted by Crippen LogP contribution is 2.25. The predicted octanol–water partition coefficient (Wildman–Crippen LogP) is 2.63. The van der Waals surface area contributed by atoms with Gasteiger partial charge in [0, 0.05) is 23.2 Å². The van der Waals surface area contributed by atoms with Gasteiger partial charge in [-0.15, -0.1) is 11.3 Å². The van der Waals surface area contributed by atoms with E-state index in [1.807, 2.05) is 0 Å². The van der Waals surface area contributed by atoms with Crippen molar-refractivity contribution in [1.82, 2.24) is 4.98 Å². The minimum Gasteiger partial charge on any atom is -0.476 e. The van der Waals surface area contributed by atoms with Crippen LogP contribution in [-0.4, -0.2) is 34.7 Å². The molecule has 1 unspecified atom stereocenters. The number of nitrogens with zero attached hydrogens (tertiary/aromatic N) is 1. The number of carbonyl (C=O) groups is 2. The lowest BCUT2D eigenvalue weighted by Gasteiger charge is -2.10. The van der Waals surface area contributed by atoms with E-state index >= 15 is 0 Å². The lowest BCUT2D eigenvalue weighted by Crippen LogP contribution is -2.26. The summed E-state index contributed by atoms with van der Waals surface area (Å²) in [6.07, 6.45) is 1.30. The van der Waals surface area contributed by atoms with Gasteiger partial charge in [-0.25, -0.2) is 9.78 Å². The van der Waals surface area contributed by atoms with Crippen LogP contribution in [0.3, 0.4) is 0 Å². The molecule has 0 aliphatic carbocycles. The van der Waals surface area contributed by atoms with Crippen LogP contribution in [0.5, 0.6) is 0 Å². The SMILES string of the molecule is O=C(O)c1csc(-c2ccc(NC(=O)C3CCCO3)cc2)n1. The molecule has 1 aliphatic heterocycles. The minimum atomic E-state index is -1.04. The Morgan fingerprint density at radius 3 is 2.68 bits per heavy atom. The highest BCUT2D eigenvalue weighted by atomic mass is 32.1. The van der Waals surface area contributed by atoms with Gasteiger partial charge in [-0.3, -0.25) is 4.79 Å². The molecule has 0 bridgehead atoms. The van der Waals surface area contributed by atoms with Crippen molar-refractivity contribution < 1.29 is 19.4 Å². The van der Waals surface area contributed by atoms with Crippen molar-refractivity contribution in [1.29, 1.82) is 0 Å². The zero-order valence-corrected chi connectivity index (χ0v) is 12.4. The smallest absolute Gasteiger partial charge is 0.355 e. The molecule has 2 aromatic rings. The van der Waals surface area contributed by atoms with Crippen LogP contribution in [0, 0.1) is 0 Å². The van der Waals surface area contributed by atoms with E-state index < -0.39 is 5.97 Å².